The fourth-order valence-corrected chi connectivity index (χ4v) is 3.66. The first-order valence-electron chi connectivity index (χ1n) is 10.9. The van der Waals surface area contributed by atoms with Gasteiger partial charge >= 0.3 is 12.1 Å². The summed E-state index contributed by atoms with van der Waals surface area (Å²) in [6.45, 7) is 5.14. The van der Waals surface area contributed by atoms with Crippen molar-refractivity contribution >= 4 is 28.9 Å². The highest BCUT2D eigenvalue weighted by molar-refractivity contribution is 5.97. The lowest BCUT2D eigenvalue weighted by molar-refractivity contribution is -0.152. The Morgan fingerprint density at radius 2 is 1.67 bits per heavy atom. The van der Waals surface area contributed by atoms with E-state index in [1.54, 1.807) is 27.0 Å². The van der Waals surface area contributed by atoms with Crippen LogP contribution in [0.4, 0.5) is 4.79 Å². The van der Waals surface area contributed by atoms with Gasteiger partial charge in [-0.25, -0.2) is 14.5 Å². The lowest BCUT2D eigenvalue weighted by Gasteiger charge is -2.30. The number of para-hydroxylation sites is 1. The minimum absolute atomic E-state index is 0.0463. The van der Waals surface area contributed by atoms with E-state index in [0.717, 1.165) is 26.9 Å². The molecule has 174 valence electrons. The maximum Gasteiger partial charge on any atom is 0.417 e. The third-order valence-electron chi connectivity index (χ3n) is 5.20. The monoisotopic (exact) mass is 450 g/mol. The van der Waals surface area contributed by atoms with Gasteiger partial charge in [-0.2, -0.15) is 0 Å². The number of hydrogen-bond acceptors (Lipinski definition) is 5. The summed E-state index contributed by atoms with van der Waals surface area (Å²) in [5.41, 5.74) is 1.82. The van der Waals surface area contributed by atoms with Crippen LogP contribution in [0.15, 0.2) is 60.8 Å². The van der Waals surface area contributed by atoms with Gasteiger partial charge in [0.2, 0.25) is 5.91 Å². The maximum atomic E-state index is 13.3. The van der Waals surface area contributed by atoms with Crippen LogP contribution < -0.4 is 0 Å². The number of methoxy groups -OCH3 is 1. The van der Waals surface area contributed by atoms with Gasteiger partial charge in [0.15, 0.2) is 0 Å². The number of H-pyrrole nitrogens is 1. The van der Waals surface area contributed by atoms with Crippen molar-refractivity contribution in [2.24, 2.45) is 0 Å². The van der Waals surface area contributed by atoms with Crippen LogP contribution in [0, 0.1) is 0 Å². The van der Waals surface area contributed by atoms with Crippen molar-refractivity contribution in [3.63, 3.8) is 0 Å². The number of aromatic amines is 1. The van der Waals surface area contributed by atoms with E-state index in [1.165, 1.54) is 7.11 Å². The minimum atomic E-state index is -1.16. The van der Waals surface area contributed by atoms with Crippen molar-refractivity contribution in [3.05, 3.63) is 71.9 Å². The number of rotatable bonds is 7. The summed E-state index contributed by atoms with van der Waals surface area (Å²) in [6, 6.07) is 16.0. The Bertz CT molecular complexity index is 1110. The summed E-state index contributed by atoms with van der Waals surface area (Å²) in [5, 5.41) is 0.910. The van der Waals surface area contributed by atoms with Crippen LogP contribution in [0.25, 0.3) is 10.9 Å². The Labute approximate surface area is 193 Å². The smallest absolute Gasteiger partial charge is 0.417 e. The average Bonchev–Trinajstić information content (AvgIpc) is 3.19. The van der Waals surface area contributed by atoms with Gasteiger partial charge in [0.05, 0.1) is 7.11 Å². The maximum absolute atomic E-state index is 13.3. The fraction of sp³-hybridized carbons (Fsp3) is 0.346. The normalized spacial score (nSPS) is 12.2. The lowest BCUT2D eigenvalue weighted by Crippen LogP contribution is -2.51. The fourth-order valence-electron chi connectivity index (χ4n) is 3.66. The molecule has 3 rings (SSSR count). The molecule has 1 heterocycles. The molecule has 2 aromatic carbocycles. The van der Waals surface area contributed by atoms with Gasteiger partial charge in [0, 0.05) is 29.9 Å². The molecule has 0 aliphatic carbocycles. The number of aromatic nitrogens is 1. The van der Waals surface area contributed by atoms with Crippen LogP contribution in [0.2, 0.25) is 0 Å². The molecule has 1 N–H and O–H groups in total. The average molecular weight is 451 g/mol. The molecule has 1 atom stereocenters. The number of ether oxygens (including phenoxy) is 2. The highest BCUT2D eigenvalue weighted by Gasteiger charge is 2.38. The number of aryl methyl sites for hydroxylation is 1. The Balaban J connectivity index is 1.93. The molecule has 2 amide bonds. The van der Waals surface area contributed by atoms with E-state index in [0.29, 0.717) is 6.42 Å². The molecule has 0 saturated heterocycles. The van der Waals surface area contributed by atoms with E-state index in [4.69, 9.17) is 9.47 Å². The number of nitrogens with one attached hydrogen (secondary N) is 1. The van der Waals surface area contributed by atoms with E-state index >= 15 is 0 Å². The number of benzene rings is 2. The second-order valence-corrected chi connectivity index (χ2v) is 8.83. The molecule has 3 aromatic rings. The predicted octanol–water partition coefficient (Wildman–Crippen LogP) is 4.65. The molecule has 0 fully saturated rings. The van der Waals surface area contributed by atoms with Gasteiger partial charge in [0.1, 0.15) is 11.6 Å². The van der Waals surface area contributed by atoms with Gasteiger partial charge in [-0.15, -0.1) is 0 Å². The molecular weight excluding hydrogens is 420 g/mol. The van der Waals surface area contributed by atoms with Crippen molar-refractivity contribution in [2.45, 2.75) is 51.7 Å². The second kappa shape index (κ2) is 10.3. The minimum Gasteiger partial charge on any atom is -0.467 e. The molecule has 1 unspecified atom stereocenters. The molecule has 0 aliphatic rings. The van der Waals surface area contributed by atoms with Gasteiger partial charge in [-0.1, -0.05) is 48.5 Å². The van der Waals surface area contributed by atoms with Crippen LogP contribution in [0.3, 0.4) is 0 Å². The summed E-state index contributed by atoms with van der Waals surface area (Å²) in [5.74, 6) is -1.18. The van der Waals surface area contributed by atoms with E-state index in [1.807, 2.05) is 54.6 Å². The van der Waals surface area contributed by atoms with Crippen molar-refractivity contribution in [1.29, 1.82) is 0 Å². The van der Waals surface area contributed by atoms with Crippen LogP contribution in [-0.4, -0.2) is 46.6 Å². The Morgan fingerprint density at radius 3 is 2.33 bits per heavy atom. The zero-order chi connectivity index (χ0) is 24.0. The first-order valence-corrected chi connectivity index (χ1v) is 10.9. The Hall–Kier alpha value is -3.61. The largest absolute Gasteiger partial charge is 0.467 e. The molecular formula is C26H30N2O5. The van der Waals surface area contributed by atoms with Crippen molar-refractivity contribution < 1.29 is 23.9 Å². The molecule has 33 heavy (non-hydrogen) atoms. The first-order chi connectivity index (χ1) is 15.7. The predicted molar refractivity (Wildman–Crippen MR) is 126 cm³/mol. The Morgan fingerprint density at radius 1 is 1.00 bits per heavy atom. The second-order valence-electron chi connectivity index (χ2n) is 8.83. The number of carbonyl (C=O) groups is 3. The van der Waals surface area contributed by atoms with Crippen molar-refractivity contribution in [2.75, 3.05) is 7.11 Å². The topological polar surface area (TPSA) is 88.7 Å². The third-order valence-corrected chi connectivity index (χ3v) is 5.20. The zero-order valence-corrected chi connectivity index (χ0v) is 19.5. The van der Waals surface area contributed by atoms with Gasteiger partial charge in [-0.05, 0) is 44.4 Å². The van der Waals surface area contributed by atoms with Crippen molar-refractivity contribution in [3.8, 4) is 0 Å². The number of carbonyl (C=O) groups excluding carboxylic acids is 3. The molecule has 0 bridgehead atoms. The summed E-state index contributed by atoms with van der Waals surface area (Å²) in [7, 11) is 1.24. The number of esters is 1. The zero-order valence-electron chi connectivity index (χ0n) is 19.5. The van der Waals surface area contributed by atoms with Gasteiger partial charge in [-0.3, -0.25) is 4.79 Å². The number of hydrogen-bond donors (Lipinski definition) is 1. The van der Waals surface area contributed by atoms with Crippen molar-refractivity contribution in [1.82, 2.24) is 9.88 Å². The standard InChI is InChI=1S/C26H30N2O5/c1-26(2,3)33-25(31)28(23(29)15-14-18-10-6-5-7-11-18)22(24(30)32-4)16-19-17-27-21-13-9-8-12-20(19)21/h5-13,17,22,27H,14-16H2,1-4H3. The number of amides is 2. The molecule has 7 heteroatoms. The van der Waals surface area contributed by atoms with E-state index in [-0.39, 0.29) is 12.8 Å². The summed E-state index contributed by atoms with van der Waals surface area (Å²) < 4.78 is 10.5. The highest BCUT2D eigenvalue weighted by atomic mass is 16.6. The molecule has 0 radical (unpaired) electrons. The quantitative estimate of drug-likeness (QED) is 0.530. The van der Waals surface area contributed by atoms with Crippen LogP contribution in [-0.2, 0) is 31.9 Å². The number of fused-ring (bicyclic) bond motifs is 1. The molecule has 0 spiro atoms. The summed E-state index contributed by atoms with van der Waals surface area (Å²) in [6.07, 6.45) is 1.50. The van der Waals surface area contributed by atoms with E-state index in [2.05, 4.69) is 4.98 Å². The Kier molecular flexibility index (Phi) is 7.53. The van der Waals surface area contributed by atoms with Crippen LogP contribution in [0.5, 0.6) is 0 Å². The van der Waals surface area contributed by atoms with Crippen LogP contribution in [0.1, 0.15) is 38.3 Å². The molecule has 0 aliphatic heterocycles. The SMILES string of the molecule is COC(=O)C(Cc1c[nH]c2ccccc12)N(C(=O)CCc1ccccc1)C(=O)OC(C)(C)C. The van der Waals surface area contributed by atoms with Gasteiger partial charge in [0.25, 0.3) is 0 Å². The number of nitrogens with zero attached hydrogens (tertiary/aromatic N) is 1. The summed E-state index contributed by atoms with van der Waals surface area (Å²) in [4.78, 5) is 43.3. The van der Waals surface area contributed by atoms with Gasteiger partial charge < -0.3 is 14.5 Å². The molecule has 0 saturated carbocycles. The summed E-state index contributed by atoms with van der Waals surface area (Å²) >= 11 is 0. The highest BCUT2D eigenvalue weighted by Crippen LogP contribution is 2.23. The molecule has 7 nitrogen and oxygen atoms in total. The van der Waals surface area contributed by atoms with E-state index < -0.39 is 29.6 Å². The first kappa shape index (κ1) is 24.0. The lowest BCUT2D eigenvalue weighted by atomic mass is 10.0. The third kappa shape index (κ3) is 6.22. The van der Waals surface area contributed by atoms with E-state index in [9.17, 15) is 14.4 Å². The molecule has 1 aromatic heterocycles. The van der Waals surface area contributed by atoms with Crippen LogP contribution >= 0.6 is 0 Å². The number of imide groups is 1.